The summed E-state index contributed by atoms with van der Waals surface area (Å²) in [5, 5.41) is 12.1. The first-order chi connectivity index (χ1) is 8.31. The summed E-state index contributed by atoms with van der Waals surface area (Å²) in [5.41, 5.74) is 1.64. The Morgan fingerprint density at radius 1 is 1.35 bits per heavy atom. The van der Waals surface area contributed by atoms with Gasteiger partial charge in [0, 0.05) is 17.9 Å². The smallest absolute Gasteiger partial charge is 0.162 e. The molecule has 1 aliphatic rings. The Bertz CT molecular complexity index is 411. The average molecular weight is 231 g/mol. The largest absolute Gasteiger partial charge is 0.411 e. The van der Waals surface area contributed by atoms with Crippen molar-refractivity contribution in [2.24, 2.45) is 11.1 Å². The van der Waals surface area contributed by atoms with Gasteiger partial charge in [0.05, 0.1) is 5.71 Å². The van der Waals surface area contributed by atoms with Gasteiger partial charge in [-0.3, -0.25) is 4.79 Å². The van der Waals surface area contributed by atoms with E-state index in [1.54, 1.807) is 0 Å². The lowest BCUT2D eigenvalue weighted by Crippen LogP contribution is -2.09. The summed E-state index contributed by atoms with van der Waals surface area (Å²) in [6.45, 7) is 0. The van der Waals surface area contributed by atoms with E-state index < -0.39 is 0 Å². The van der Waals surface area contributed by atoms with Crippen LogP contribution in [0.2, 0.25) is 0 Å². The standard InChI is InChI=1S/C14H17NO2/c16-14(12-5-2-1-3-6-12)10-9-11-7-4-8-13(11)15-17/h1-3,5-6,11,17H,4,7-10H2/b15-13-. The number of Topliss-reactive ketones (excluding diaryl/α,β-unsaturated/α-hetero) is 1. The molecule has 0 heterocycles. The number of hydrogen-bond acceptors (Lipinski definition) is 3. The van der Waals surface area contributed by atoms with Gasteiger partial charge >= 0.3 is 0 Å². The van der Waals surface area contributed by atoms with Crippen molar-refractivity contribution in [1.29, 1.82) is 0 Å². The van der Waals surface area contributed by atoms with Crippen LogP contribution in [0, 0.1) is 5.92 Å². The SMILES string of the molecule is O=C(CCC1CCC/C1=N/O)c1ccccc1. The third-order valence-corrected chi connectivity index (χ3v) is 3.40. The lowest BCUT2D eigenvalue weighted by molar-refractivity contribution is 0.0977. The van der Waals surface area contributed by atoms with Crippen LogP contribution in [-0.4, -0.2) is 16.7 Å². The number of oxime groups is 1. The first-order valence-electron chi connectivity index (χ1n) is 6.10. The monoisotopic (exact) mass is 231 g/mol. The fraction of sp³-hybridized carbons (Fsp3) is 0.429. The van der Waals surface area contributed by atoms with Crippen LogP contribution in [0.25, 0.3) is 0 Å². The van der Waals surface area contributed by atoms with Crippen LogP contribution in [0.4, 0.5) is 0 Å². The number of rotatable bonds is 4. The molecule has 0 saturated heterocycles. The van der Waals surface area contributed by atoms with E-state index in [1.165, 1.54) is 0 Å². The summed E-state index contributed by atoms with van der Waals surface area (Å²) >= 11 is 0. The van der Waals surface area contributed by atoms with Gasteiger partial charge in [-0.2, -0.15) is 0 Å². The molecular weight excluding hydrogens is 214 g/mol. The maximum Gasteiger partial charge on any atom is 0.162 e. The minimum Gasteiger partial charge on any atom is -0.411 e. The first-order valence-corrected chi connectivity index (χ1v) is 6.10. The van der Waals surface area contributed by atoms with Gasteiger partial charge in [-0.05, 0) is 25.7 Å². The minimum absolute atomic E-state index is 0.176. The lowest BCUT2D eigenvalue weighted by atomic mass is 9.96. The third kappa shape index (κ3) is 2.93. The predicted octanol–water partition coefficient (Wildman–Crippen LogP) is 3.28. The van der Waals surface area contributed by atoms with E-state index in [9.17, 15) is 4.79 Å². The van der Waals surface area contributed by atoms with Crippen molar-refractivity contribution in [3.63, 3.8) is 0 Å². The van der Waals surface area contributed by atoms with Gasteiger partial charge in [0.1, 0.15) is 0 Å². The number of carbonyl (C=O) groups is 1. The zero-order valence-electron chi connectivity index (χ0n) is 9.80. The number of ketones is 1. The molecule has 3 nitrogen and oxygen atoms in total. The van der Waals surface area contributed by atoms with Gasteiger partial charge in [0.25, 0.3) is 0 Å². The molecule has 1 aliphatic carbocycles. The highest BCUT2D eigenvalue weighted by Gasteiger charge is 2.23. The molecule has 0 aromatic heterocycles. The summed E-state index contributed by atoms with van der Waals surface area (Å²) in [6, 6.07) is 9.35. The van der Waals surface area contributed by atoms with Crippen LogP contribution in [0.15, 0.2) is 35.5 Å². The van der Waals surface area contributed by atoms with Gasteiger partial charge in [0.15, 0.2) is 5.78 Å². The minimum atomic E-state index is 0.176. The maximum atomic E-state index is 11.9. The molecule has 90 valence electrons. The summed E-state index contributed by atoms with van der Waals surface area (Å²) in [4.78, 5) is 11.9. The zero-order valence-corrected chi connectivity index (χ0v) is 9.80. The number of benzene rings is 1. The van der Waals surface area contributed by atoms with Crippen molar-refractivity contribution >= 4 is 11.5 Å². The molecule has 0 aliphatic heterocycles. The van der Waals surface area contributed by atoms with E-state index in [-0.39, 0.29) is 5.78 Å². The number of carbonyl (C=O) groups excluding carboxylic acids is 1. The topological polar surface area (TPSA) is 49.7 Å². The molecule has 17 heavy (non-hydrogen) atoms. The molecular formula is C14H17NO2. The fourth-order valence-electron chi connectivity index (χ4n) is 2.42. The Hall–Kier alpha value is -1.64. The normalized spacial score (nSPS) is 21.9. The second kappa shape index (κ2) is 5.62. The van der Waals surface area contributed by atoms with Crippen LogP contribution >= 0.6 is 0 Å². The van der Waals surface area contributed by atoms with Gasteiger partial charge < -0.3 is 5.21 Å². The van der Waals surface area contributed by atoms with Gasteiger partial charge in [0.2, 0.25) is 0 Å². The average Bonchev–Trinajstić information content (AvgIpc) is 2.84. The predicted molar refractivity (Wildman–Crippen MR) is 66.6 cm³/mol. The Labute approximate surface area is 101 Å². The van der Waals surface area contributed by atoms with Crippen LogP contribution in [0.1, 0.15) is 42.5 Å². The molecule has 1 atom stereocenters. The summed E-state index contributed by atoms with van der Waals surface area (Å²) in [6.07, 6.45) is 4.33. The van der Waals surface area contributed by atoms with E-state index in [1.807, 2.05) is 30.3 Å². The summed E-state index contributed by atoms with van der Waals surface area (Å²) in [5.74, 6) is 0.474. The molecule has 1 unspecified atom stereocenters. The van der Waals surface area contributed by atoms with E-state index in [0.717, 1.165) is 37.0 Å². The highest BCUT2D eigenvalue weighted by Crippen LogP contribution is 2.27. The van der Waals surface area contributed by atoms with Crippen molar-refractivity contribution < 1.29 is 10.0 Å². The van der Waals surface area contributed by atoms with Crippen LogP contribution in [-0.2, 0) is 0 Å². The van der Waals surface area contributed by atoms with Crippen LogP contribution in [0.5, 0.6) is 0 Å². The molecule has 0 bridgehead atoms. The lowest BCUT2D eigenvalue weighted by Gasteiger charge is -2.08. The van der Waals surface area contributed by atoms with Crippen LogP contribution < -0.4 is 0 Å². The highest BCUT2D eigenvalue weighted by molar-refractivity contribution is 5.96. The van der Waals surface area contributed by atoms with Crippen LogP contribution in [0.3, 0.4) is 0 Å². The van der Waals surface area contributed by atoms with Crippen molar-refractivity contribution in [3.05, 3.63) is 35.9 Å². The number of hydrogen-bond donors (Lipinski definition) is 1. The van der Waals surface area contributed by atoms with E-state index >= 15 is 0 Å². The van der Waals surface area contributed by atoms with Gasteiger partial charge in [-0.15, -0.1) is 0 Å². The van der Waals surface area contributed by atoms with Crippen molar-refractivity contribution in [2.45, 2.75) is 32.1 Å². The van der Waals surface area contributed by atoms with Crippen molar-refractivity contribution in [1.82, 2.24) is 0 Å². The Balaban J connectivity index is 1.89. The van der Waals surface area contributed by atoms with E-state index in [2.05, 4.69) is 5.16 Å². The van der Waals surface area contributed by atoms with E-state index in [0.29, 0.717) is 12.3 Å². The Morgan fingerprint density at radius 2 is 2.12 bits per heavy atom. The Kier molecular flexibility index (Phi) is 3.91. The highest BCUT2D eigenvalue weighted by atomic mass is 16.4. The molecule has 1 aromatic rings. The van der Waals surface area contributed by atoms with E-state index in [4.69, 9.17) is 5.21 Å². The number of nitrogens with zero attached hydrogens (tertiary/aromatic N) is 1. The first kappa shape index (κ1) is 11.8. The van der Waals surface area contributed by atoms with Crippen molar-refractivity contribution in [3.8, 4) is 0 Å². The molecule has 0 radical (unpaired) electrons. The quantitative estimate of drug-likeness (QED) is 0.491. The molecule has 1 saturated carbocycles. The van der Waals surface area contributed by atoms with Crippen molar-refractivity contribution in [2.75, 3.05) is 0 Å². The maximum absolute atomic E-state index is 11.9. The van der Waals surface area contributed by atoms with Gasteiger partial charge in [-0.1, -0.05) is 35.5 Å². The molecule has 3 heteroatoms. The molecule has 1 fully saturated rings. The third-order valence-electron chi connectivity index (χ3n) is 3.40. The fourth-order valence-corrected chi connectivity index (χ4v) is 2.42. The van der Waals surface area contributed by atoms with Gasteiger partial charge in [-0.25, -0.2) is 0 Å². The zero-order chi connectivity index (χ0) is 12.1. The molecule has 2 rings (SSSR count). The summed E-state index contributed by atoms with van der Waals surface area (Å²) in [7, 11) is 0. The second-order valence-electron chi connectivity index (χ2n) is 4.51. The molecule has 0 amide bonds. The Morgan fingerprint density at radius 3 is 2.82 bits per heavy atom. The molecule has 1 aromatic carbocycles. The summed E-state index contributed by atoms with van der Waals surface area (Å²) < 4.78 is 0. The molecule has 1 N–H and O–H groups in total. The second-order valence-corrected chi connectivity index (χ2v) is 4.51. The molecule has 0 spiro atoms.